The normalized spacial score (nSPS) is 43.0. The van der Waals surface area contributed by atoms with Gasteiger partial charge in [0.2, 0.25) is 0 Å². The molecule has 0 spiro atoms. The zero-order valence-electron chi connectivity index (χ0n) is 18.1. The number of hydrogen-bond acceptors (Lipinski definition) is 3. The summed E-state index contributed by atoms with van der Waals surface area (Å²) in [6.07, 6.45) is 12.2. The monoisotopic (exact) mass is 384 g/mol. The molecule has 0 N–H and O–H groups in total. The van der Waals surface area contributed by atoms with Crippen LogP contribution in [0.2, 0.25) is 0 Å². The summed E-state index contributed by atoms with van der Waals surface area (Å²) >= 11 is 0. The van der Waals surface area contributed by atoms with Gasteiger partial charge in [0.25, 0.3) is 0 Å². The Kier molecular flexibility index (Phi) is 5.10. The minimum atomic E-state index is -0.200. The molecule has 0 aromatic heterocycles. The fourth-order valence-corrected chi connectivity index (χ4v) is 6.94. The molecule has 2 saturated carbocycles. The molecule has 0 aromatic carbocycles. The molecule has 0 bridgehead atoms. The Morgan fingerprint density at radius 2 is 2.14 bits per heavy atom. The predicted octanol–water partition coefficient (Wildman–Crippen LogP) is 5.76. The maximum Gasteiger partial charge on any atom is 0.331 e. The van der Waals surface area contributed by atoms with E-state index in [4.69, 9.17) is 9.47 Å². The van der Waals surface area contributed by atoms with Crippen molar-refractivity contribution < 1.29 is 14.3 Å². The maximum absolute atomic E-state index is 11.4. The second kappa shape index (κ2) is 7.16. The minimum Gasteiger partial charge on any atom is -0.454 e. The van der Waals surface area contributed by atoms with E-state index >= 15 is 0 Å². The average Bonchev–Trinajstić information content (AvgIpc) is 3.12. The Balaban J connectivity index is 1.42. The molecule has 2 aliphatic heterocycles. The predicted molar refractivity (Wildman–Crippen MR) is 112 cm³/mol. The Morgan fingerprint density at radius 1 is 1.36 bits per heavy atom. The van der Waals surface area contributed by atoms with Gasteiger partial charge in [-0.2, -0.15) is 0 Å². The van der Waals surface area contributed by atoms with E-state index in [1.807, 2.05) is 6.92 Å². The largest absolute Gasteiger partial charge is 0.454 e. The molecule has 3 heteroatoms. The van der Waals surface area contributed by atoms with E-state index in [1.165, 1.54) is 36.8 Å². The molecule has 0 radical (unpaired) electrons. The molecule has 1 saturated heterocycles. The lowest BCUT2D eigenvalue weighted by atomic mass is 9.47. The van der Waals surface area contributed by atoms with Gasteiger partial charge in [0.1, 0.15) is 6.10 Å². The lowest BCUT2D eigenvalue weighted by molar-refractivity contribution is -0.138. The van der Waals surface area contributed by atoms with Crippen LogP contribution in [0.25, 0.3) is 0 Å². The summed E-state index contributed by atoms with van der Waals surface area (Å²) in [6.45, 7) is 14.6. The van der Waals surface area contributed by atoms with Crippen LogP contribution in [-0.2, 0) is 14.3 Å². The van der Waals surface area contributed by atoms with Gasteiger partial charge in [-0.3, -0.25) is 0 Å². The standard InChI is InChI=1S/C25H36O3/c1-16(8-10-20-18(3)14-22(26)28-20)7-9-19-17(2)13-21-23-24(4,15-27-21)11-6-12-25(19,23)5/h8,14,19-21,23H,2,6-7,9-13,15H2,1,3-5H3/b16-8+/t19-,20+,21-,23-,24-,25+/m0/s1. The van der Waals surface area contributed by atoms with Gasteiger partial charge in [-0.1, -0.05) is 44.1 Å². The summed E-state index contributed by atoms with van der Waals surface area (Å²) in [5.41, 5.74) is 4.53. The van der Waals surface area contributed by atoms with E-state index in [1.54, 1.807) is 6.08 Å². The Bertz CT molecular complexity index is 732. The number of rotatable bonds is 5. The molecule has 0 aromatic rings. The summed E-state index contributed by atoms with van der Waals surface area (Å²) in [5.74, 6) is 1.07. The molecule has 28 heavy (non-hydrogen) atoms. The number of allylic oxidation sites excluding steroid dienone is 1. The summed E-state index contributed by atoms with van der Waals surface area (Å²) in [6, 6.07) is 0. The molecular formula is C25H36O3. The van der Waals surface area contributed by atoms with E-state index in [9.17, 15) is 4.79 Å². The van der Waals surface area contributed by atoms with Crippen molar-refractivity contribution in [1.29, 1.82) is 0 Å². The molecule has 6 atom stereocenters. The second-order valence-electron chi connectivity index (χ2n) is 10.4. The van der Waals surface area contributed by atoms with Crippen molar-refractivity contribution in [2.75, 3.05) is 6.61 Å². The van der Waals surface area contributed by atoms with Gasteiger partial charge in [0.15, 0.2) is 0 Å². The van der Waals surface area contributed by atoms with Gasteiger partial charge in [-0.25, -0.2) is 4.79 Å². The van der Waals surface area contributed by atoms with Crippen LogP contribution >= 0.6 is 0 Å². The molecular weight excluding hydrogens is 348 g/mol. The van der Waals surface area contributed by atoms with Crippen molar-refractivity contribution in [2.45, 2.75) is 84.8 Å². The number of cyclic esters (lactones) is 1. The van der Waals surface area contributed by atoms with Crippen molar-refractivity contribution in [2.24, 2.45) is 22.7 Å². The first-order valence-electron chi connectivity index (χ1n) is 11.1. The van der Waals surface area contributed by atoms with E-state index < -0.39 is 0 Å². The van der Waals surface area contributed by atoms with Crippen LogP contribution in [-0.4, -0.2) is 24.8 Å². The zero-order valence-corrected chi connectivity index (χ0v) is 18.1. The second-order valence-corrected chi connectivity index (χ2v) is 10.4. The quantitative estimate of drug-likeness (QED) is 0.446. The van der Waals surface area contributed by atoms with E-state index in [-0.39, 0.29) is 12.1 Å². The first kappa shape index (κ1) is 19.9. The van der Waals surface area contributed by atoms with Crippen LogP contribution in [0.5, 0.6) is 0 Å². The van der Waals surface area contributed by atoms with Crippen molar-refractivity contribution in [3.8, 4) is 0 Å². The van der Waals surface area contributed by atoms with Crippen LogP contribution in [0, 0.1) is 22.7 Å². The van der Waals surface area contributed by atoms with Gasteiger partial charge in [-0.05, 0) is 74.2 Å². The zero-order chi connectivity index (χ0) is 20.1. The Hall–Kier alpha value is -1.35. The highest BCUT2D eigenvalue weighted by atomic mass is 16.5. The van der Waals surface area contributed by atoms with Gasteiger partial charge in [0.05, 0.1) is 12.7 Å². The third-order valence-corrected chi connectivity index (χ3v) is 8.30. The lowest BCUT2D eigenvalue weighted by Crippen LogP contribution is -2.53. The fourth-order valence-electron chi connectivity index (χ4n) is 6.94. The van der Waals surface area contributed by atoms with Crippen molar-refractivity contribution >= 4 is 5.97 Å². The third kappa shape index (κ3) is 3.30. The van der Waals surface area contributed by atoms with Crippen molar-refractivity contribution in [1.82, 2.24) is 0 Å². The Labute approximate surface area is 170 Å². The van der Waals surface area contributed by atoms with Crippen molar-refractivity contribution in [3.05, 3.63) is 35.5 Å². The summed E-state index contributed by atoms with van der Waals surface area (Å²) in [4.78, 5) is 11.4. The highest BCUT2D eigenvalue weighted by Gasteiger charge is 2.61. The SMILES string of the molecule is C=C1C[C@@H]2OC[C@]3(C)CCC[C@](C)([C@H]1CC/C(C)=C/C[C@H]1OC(=O)C=C1C)[C@@H]23. The molecule has 0 amide bonds. The molecule has 2 aliphatic carbocycles. The number of carbonyl (C=O) groups is 1. The highest BCUT2D eigenvalue weighted by Crippen LogP contribution is 2.65. The summed E-state index contributed by atoms with van der Waals surface area (Å²) < 4.78 is 11.6. The molecule has 4 rings (SSSR count). The minimum absolute atomic E-state index is 0.0694. The molecule has 2 heterocycles. The number of ether oxygens (including phenoxy) is 2. The van der Waals surface area contributed by atoms with Crippen LogP contribution < -0.4 is 0 Å². The number of carbonyl (C=O) groups excluding carboxylic acids is 1. The lowest BCUT2D eigenvalue weighted by Gasteiger charge is -2.57. The summed E-state index contributed by atoms with van der Waals surface area (Å²) in [7, 11) is 0. The molecule has 154 valence electrons. The fraction of sp³-hybridized carbons (Fsp3) is 0.720. The summed E-state index contributed by atoms with van der Waals surface area (Å²) in [5, 5.41) is 0. The van der Waals surface area contributed by atoms with Crippen LogP contribution in [0.1, 0.15) is 72.6 Å². The highest BCUT2D eigenvalue weighted by molar-refractivity contribution is 5.85. The van der Waals surface area contributed by atoms with Crippen LogP contribution in [0.15, 0.2) is 35.5 Å². The first-order chi connectivity index (χ1) is 13.2. The van der Waals surface area contributed by atoms with Crippen LogP contribution in [0.3, 0.4) is 0 Å². The molecule has 3 nitrogen and oxygen atoms in total. The number of esters is 1. The van der Waals surface area contributed by atoms with Gasteiger partial charge in [0, 0.05) is 12.5 Å². The van der Waals surface area contributed by atoms with Crippen LogP contribution in [0.4, 0.5) is 0 Å². The van der Waals surface area contributed by atoms with E-state index in [2.05, 4.69) is 33.4 Å². The van der Waals surface area contributed by atoms with Gasteiger partial charge >= 0.3 is 5.97 Å². The molecule has 4 aliphatic rings. The molecule has 3 fully saturated rings. The Morgan fingerprint density at radius 3 is 2.86 bits per heavy atom. The smallest absolute Gasteiger partial charge is 0.331 e. The van der Waals surface area contributed by atoms with Gasteiger partial charge in [-0.15, -0.1) is 0 Å². The topological polar surface area (TPSA) is 35.5 Å². The average molecular weight is 385 g/mol. The van der Waals surface area contributed by atoms with Crippen molar-refractivity contribution in [3.63, 3.8) is 0 Å². The maximum atomic E-state index is 11.4. The van der Waals surface area contributed by atoms with Gasteiger partial charge < -0.3 is 9.47 Å². The third-order valence-electron chi connectivity index (χ3n) is 8.30. The van der Waals surface area contributed by atoms with E-state index in [0.717, 1.165) is 31.4 Å². The van der Waals surface area contributed by atoms with E-state index in [0.29, 0.717) is 28.8 Å². The number of hydrogen-bond donors (Lipinski definition) is 0. The first-order valence-corrected chi connectivity index (χ1v) is 11.1. The molecule has 0 unspecified atom stereocenters.